The number of rotatable bonds is 12. The van der Waals surface area contributed by atoms with E-state index in [0.717, 1.165) is 16.5 Å². The second-order valence-electron chi connectivity index (χ2n) is 7.25. The number of primary amides is 1. The van der Waals surface area contributed by atoms with Crippen molar-refractivity contribution in [1.82, 2.24) is 20.9 Å². The van der Waals surface area contributed by atoms with Crippen LogP contribution in [-0.4, -0.2) is 64.3 Å². The van der Waals surface area contributed by atoms with Gasteiger partial charge in [-0.25, -0.2) is 9.59 Å². The predicted molar refractivity (Wildman–Crippen MR) is 122 cm³/mol. The van der Waals surface area contributed by atoms with Crippen LogP contribution in [0, 0.1) is 0 Å². The lowest BCUT2D eigenvalue weighted by molar-refractivity contribution is -0.141. The van der Waals surface area contributed by atoms with Gasteiger partial charge in [0.1, 0.15) is 12.1 Å². The number of hydrogen-bond donors (Lipinski definition) is 8. The van der Waals surface area contributed by atoms with E-state index in [1.807, 2.05) is 24.3 Å². The largest absolute Gasteiger partial charge is 0.480 e. The molecule has 12 heteroatoms. The van der Waals surface area contributed by atoms with Crippen LogP contribution in [0.3, 0.4) is 0 Å². The van der Waals surface area contributed by atoms with E-state index in [4.69, 9.17) is 11.5 Å². The molecule has 0 unspecified atom stereocenters. The average molecular weight is 465 g/mol. The first-order chi connectivity index (χ1) is 15.2. The number of amides is 4. The fraction of sp³-hybridized carbons (Fsp3) is 0.400. The molecule has 0 aliphatic carbocycles. The average Bonchev–Trinajstić information content (AvgIpc) is 3.16. The van der Waals surface area contributed by atoms with Crippen molar-refractivity contribution in [3.63, 3.8) is 0 Å². The molecule has 0 aliphatic rings. The first-order valence-corrected chi connectivity index (χ1v) is 10.6. The molecule has 0 aliphatic heterocycles. The Morgan fingerprint density at radius 1 is 1.09 bits per heavy atom. The molecule has 0 radical (unpaired) electrons. The topological polar surface area (TPSA) is 192 Å². The zero-order valence-corrected chi connectivity index (χ0v) is 18.2. The number of carboxylic acids is 1. The molecule has 32 heavy (non-hydrogen) atoms. The summed E-state index contributed by atoms with van der Waals surface area (Å²) in [4.78, 5) is 50.5. The number of aliphatic carboxylic acids is 1. The van der Waals surface area contributed by atoms with Gasteiger partial charge < -0.3 is 37.5 Å². The van der Waals surface area contributed by atoms with Crippen molar-refractivity contribution >= 4 is 47.3 Å². The Morgan fingerprint density at radius 3 is 2.44 bits per heavy atom. The number of carbonyl (C=O) groups is 4. The van der Waals surface area contributed by atoms with Crippen LogP contribution >= 0.6 is 12.6 Å². The number of nitrogens with one attached hydrogen (secondary N) is 4. The summed E-state index contributed by atoms with van der Waals surface area (Å²) in [7, 11) is 0. The quantitative estimate of drug-likeness (QED) is 0.154. The third-order valence-electron chi connectivity index (χ3n) is 4.86. The van der Waals surface area contributed by atoms with Crippen molar-refractivity contribution in [2.24, 2.45) is 11.5 Å². The Kier molecular flexibility index (Phi) is 9.35. The van der Waals surface area contributed by atoms with Crippen LogP contribution < -0.4 is 27.4 Å². The zero-order valence-electron chi connectivity index (χ0n) is 17.3. The molecule has 1 aromatic heterocycles. The summed E-state index contributed by atoms with van der Waals surface area (Å²) in [6.07, 6.45) is 2.52. The van der Waals surface area contributed by atoms with Gasteiger partial charge in [-0.1, -0.05) is 18.2 Å². The van der Waals surface area contributed by atoms with Gasteiger partial charge in [0.15, 0.2) is 0 Å². The van der Waals surface area contributed by atoms with Crippen molar-refractivity contribution in [3.8, 4) is 0 Å². The smallest absolute Gasteiger partial charge is 0.327 e. The number of fused-ring (bicyclic) bond motifs is 1. The first kappa shape index (κ1) is 25.0. The highest BCUT2D eigenvalue weighted by molar-refractivity contribution is 7.80. The van der Waals surface area contributed by atoms with E-state index < -0.39 is 41.9 Å². The van der Waals surface area contributed by atoms with E-state index in [0.29, 0.717) is 6.42 Å². The van der Waals surface area contributed by atoms with E-state index in [9.17, 15) is 24.3 Å². The van der Waals surface area contributed by atoms with Crippen LogP contribution in [0.2, 0.25) is 0 Å². The van der Waals surface area contributed by atoms with Crippen LogP contribution in [0.25, 0.3) is 10.9 Å². The number of aromatic amines is 1. The van der Waals surface area contributed by atoms with Crippen LogP contribution in [0.15, 0.2) is 30.5 Å². The van der Waals surface area contributed by atoms with Gasteiger partial charge in [-0.2, -0.15) is 12.6 Å². The summed E-state index contributed by atoms with van der Waals surface area (Å²) in [5.74, 6) is -2.57. The SMILES string of the molecule is NC(=O)NCCC[C@H](N)C(=O)N[C@@H](Cc1c[nH]c2ccccc12)C(=O)N[C@@H](CS)C(=O)O. The first-order valence-electron chi connectivity index (χ1n) is 10.0. The summed E-state index contributed by atoms with van der Waals surface area (Å²) in [6, 6.07) is 3.61. The Morgan fingerprint density at radius 2 is 1.78 bits per heavy atom. The highest BCUT2D eigenvalue weighted by Crippen LogP contribution is 2.19. The molecule has 174 valence electrons. The number of urea groups is 1. The number of carboxylic acid groups (broad SMARTS) is 1. The summed E-state index contributed by atoms with van der Waals surface area (Å²) >= 11 is 3.95. The normalized spacial score (nSPS) is 13.7. The molecule has 3 atom stereocenters. The van der Waals surface area contributed by atoms with Crippen LogP contribution in [0.4, 0.5) is 4.79 Å². The minimum absolute atomic E-state index is 0.110. The number of thiol groups is 1. The zero-order chi connectivity index (χ0) is 23.7. The number of nitrogens with two attached hydrogens (primary N) is 2. The Labute approximate surface area is 190 Å². The van der Waals surface area contributed by atoms with E-state index >= 15 is 0 Å². The molecule has 1 aromatic carbocycles. The van der Waals surface area contributed by atoms with Crippen molar-refractivity contribution in [2.45, 2.75) is 37.4 Å². The summed E-state index contributed by atoms with van der Waals surface area (Å²) in [6.45, 7) is 0.262. The summed E-state index contributed by atoms with van der Waals surface area (Å²) < 4.78 is 0. The Hall–Kier alpha value is -3.25. The number of carbonyl (C=O) groups excluding carboxylic acids is 3. The van der Waals surface area contributed by atoms with Crippen molar-refractivity contribution in [2.75, 3.05) is 12.3 Å². The van der Waals surface area contributed by atoms with Gasteiger partial charge in [0.05, 0.1) is 6.04 Å². The standard InChI is InChI=1S/C20H28N6O5S/c21-13(5-3-7-23-20(22)31)17(27)25-15(18(28)26-16(10-32)19(29)30)8-11-9-24-14-6-2-1-4-12(11)14/h1-2,4,6,9,13,15-16,24,32H,3,5,7-8,10,21H2,(H,25,27)(H,26,28)(H,29,30)(H3,22,23,31)/t13-,15-,16-/m0/s1. The predicted octanol–water partition coefficient (Wildman–Crippen LogP) is -0.530. The third-order valence-corrected chi connectivity index (χ3v) is 5.22. The molecule has 11 nitrogen and oxygen atoms in total. The Balaban J connectivity index is 2.12. The molecule has 9 N–H and O–H groups in total. The molecule has 0 saturated heterocycles. The molecule has 2 aromatic rings. The van der Waals surface area contributed by atoms with Crippen LogP contribution in [-0.2, 0) is 20.8 Å². The minimum Gasteiger partial charge on any atom is -0.480 e. The van der Waals surface area contributed by atoms with E-state index in [-0.39, 0.29) is 25.1 Å². The number of para-hydroxylation sites is 1. The third kappa shape index (κ3) is 7.17. The van der Waals surface area contributed by atoms with Crippen molar-refractivity contribution < 1.29 is 24.3 Å². The minimum atomic E-state index is -1.23. The molecule has 2 rings (SSSR count). The number of benzene rings is 1. The van der Waals surface area contributed by atoms with Gasteiger partial charge in [0.25, 0.3) is 0 Å². The van der Waals surface area contributed by atoms with Gasteiger partial charge in [0, 0.05) is 35.8 Å². The number of hydrogen-bond acceptors (Lipinski definition) is 6. The maximum atomic E-state index is 12.8. The second kappa shape index (κ2) is 12.0. The highest BCUT2D eigenvalue weighted by Gasteiger charge is 2.28. The maximum absolute atomic E-state index is 12.8. The lowest BCUT2D eigenvalue weighted by Gasteiger charge is -2.22. The van der Waals surface area contributed by atoms with Gasteiger partial charge in [-0.15, -0.1) is 0 Å². The molecule has 0 spiro atoms. The lowest BCUT2D eigenvalue weighted by Crippen LogP contribution is -2.55. The Bertz CT molecular complexity index is 965. The van der Waals surface area contributed by atoms with E-state index in [1.54, 1.807) is 6.20 Å². The van der Waals surface area contributed by atoms with E-state index in [1.165, 1.54) is 0 Å². The molecule has 0 saturated carbocycles. The van der Waals surface area contributed by atoms with Gasteiger partial charge >= 0.3 is 12.0 Å². The molecule has 0 bridgehead atoms. The lowest BCUT2D eigenvalue weighted by atomic mass is 10.0. The monoisotopic (exact) mass is 464 g/mol. The van der Waals surface area contributed by atoms with Gasteiger partial charge in [-0.3, -0.25) is 9.59 Å². The van der Waals surface area contributed by atoms with Gasteiger partial charge in [-0.05, 0) is 24.5 Å². The van der Waals surface area contributed by atoms with E-state index in [2.05, 4.69) is 33.6 Å². The van der Waals surface area contributed by atoms with Crippen LogP contribution in [0.5, 0.6) is 0 Å². The molecule has 4 amide bonds. The maximum Gasteiger partial charge on any atom is 0.327 e. The van der Waals surface area contributed by atoms with Gasteiger partial charge in [0.2, 0.25) is 11.8 Å². The number of H-pyrrole nitrogens is 1. The number of aromatic nitrogens is 1. The molecule has 0 fully saturated rings. The molecular formula is C20H28N6O5S. The second-order valence-corrected chi connectivity index (χ2v) is 7.61. The summed E-state index contributed by atoms with van der Waals surface area (Å²) in [5, 5.41) is 17.5. The summed E-state index contributed by atoms with van der Waals surface area (Å²) in [5.41, 5.74) is 12.6. The van der Waals surface area contributed by atoms with Crippen molar-refractivity contribution in [3.05, 3.63) is 36.0 Å². The van der Waals surface area contributed by atoms with Crippen molar-refractivity contribution in [1.29, 1.82) is 0 Å². The fourth-order valence-electron chi connectivity index (χ4n) is 3.13. The van der Waals surface area contributed by atoms with Crippen LogP contribution in [0.1, 0.15) is 18.4 Å². The highest BCUT2D eigenvalue weighted by atomic mass is 32.1. The molecular weight excluding hydrogens is 436 g/mol. The fourth-order valence-corrected chi connectivity index (χ4v) is 3.38. The molecule has 1 heterocycles.